The number of halogens is 9. The highest BCUT2D eigenvalue weighted by molar-refractivity contribution is 6.69. The lowest BCUT2D eigenvalue weighted by Gasteiger charge is -2.20. The molecule has 0 heterocycles. The average Bonchev–Trinajstić information content (AvgIpc) is 2.10. The Morgan fingerprint density at radius 3 is 1.12 bits per heavy atom. The lowest BCUT2D eigenvalue weighted by atomic mass is 10.1. The quantitative estimate of drug-likeness (QED) is 0.308. The number of rotatable bonds is 0. The Kier molecular flexibility index (Phi) is 5.64. The van der Waals surface area contributed by atoms with Crippen molar-refractivity contribution in [3.05, 3.63) is 32.3 Å². The van der Waals surface area contributed by atoms with Crippen LogP contribution in [0.1, 0.15) is 11.1 Å². The van der Waals surface area contributed by atoms with Crippen molar-refractivity contribution in [3.8, 4) is 0 Å². The first-order valence-corrected chi connectivity index (χ1v) is 7.18. The molecule has 0 atom stereocenters. The van der Waals surface area contributed by atoms with E-state index in [0.29, 0.717) is 0 Å². The molecule has 0 aliphatic heterocycles. The smallest absolute Gasteiger partial charge is 0.0822 e. The molecule has 0 radical (unpaired) electrons. The second kappa shape index (κ2) is 5.68. The van der Waals surface area contributed by atoms with E-state index in [0.717, 1.165) is 0 Å². The lowest BCUT2D eigenvalue weighted by molar-refractivity contribution is 1.17. The van der Waals surface area contributed by atoms with Crippen LogP contribution in [0, 0.1) is 0 Å². The molecule has 0 aliphatic carbocycles. The summed E-state index contributed by atoms with van der Waals surface area (Å²) in [5, 5.41) is -0.0529. The van der Waals surface area contributed by atoms with Crippen LogP contribution < -0.4 is 0 Å². The standard InChI is InChI=1S/C8HCl9/c9-4-2(7(12,13)14)1-3(8(15,16)17)5(10)6(4)11/h1H. The topological polar surface area (TPSA) is 0 Å². The summed E-state index contributed by atoms with van der Waals surface area (Å²) in [4.78, 5) is 0. The molecule has 0 bridgehead atoms. The first kappa shape index (κ1) is 16.9. The zero-order valence-electron chi connectivity index (χ0n) is 7.48. The zero-order valence-corrected chi connectivity index (χ0v) is 14.3. The molecule has 1 aromatic rings. The van der Waals surface area contributed by atoms with Gasteiger partial charge in [0.1, 0.15) is 0 Å². The van der Waals surface area contributed by atoms with Crippen LogP contribution in [-0.4, -0.2) is 0 Å². The van der Waals surface area contributed by atoms with Crippen molar-refractivity contribution >= 4 is 104 Å². The largest absolute Gasteiger partial charge is 0.217 e. The minimum Gasteiger partial charge on any atom is -0.0822 e. The first-order valence-electron chi connectivity index (χ1n) is 3.78. The van der Waals surface area contributed by atoms with E-state index in [1.54, 1.807) is 0 Å². The van der Waals surface area contributed by atoms with Gasteiger partial charge in [-0.25, -0.2) is 0 Å². The molecule has 0 unspecified atom stereocenters. The fourth-order valence-corrected chi connectivity index (χ4v) is 3.03. The lowest BCUT2D eigenvalue weighted by Crippen LogP contribution is -2.08. The Morgan fingerprint density at radius 1 is 0.588 bits per heavy atom. The van der Waals surface area contributed by atoms with Crippen molar-refractivity contribution < 1.29 is 0 Å². The van der Waals surface area contributed by atoms with Crippen LogP contribution in [0.5, 0.6) is 0 Å². The van der Waals surface area contributed by atoms with Crippen molar-refractivity contribution in [1.82, 2.24) is 0 Å². The van der Waals surface area contributed by atoms with Gasteiger partial charge in [0.05, 0.1) is 15.1 Å². The van der Waals surface area contributed by atoms with Crippen molar-refractivity contribution in [2.45, 2.75) is 7.59 Å². The summed E-state index contributed by atoms with van der Waals surface area (Å²) < 4.78 is -3.62. The van der Waals surface area contributed by atoms with E-state index in [1.807, 2.05) is 0 Å². The fraction of sp³-hybridized carbons (Fsp3) is 0.250. The molecular weight excluding hydrogens is 415 g/mol. The average molecular weight is 416 g/mol. The molecule has 0 N–H and O–H groups in total. The van der Waals surface area contributed by atoms with E-state index in [-0.39, 0.29) is 26.2 Å². The summed E-state index contributed by atoms with van der Waals surface area (Å²) >= 11 is 52.1. The van der Waals surface area contributed by atoms with E-state index >= 15 is 0 Å². The van der Waals surface area contributed by atoms with Crippen LogP contribution in [0.15, 0.2) is 6.07 Å². The zero-order chi connectivity index (χ0) is 13.6. The predicted molar refractivity (Wildman–Crippen MR) is 79.9 cm³/mol. The minimum atomic E-state index is -1.81. The minimum absolute atomic E-state index is 0.00494. The van der Waals surface area contributed by atoms with Crippen LogP contribution in [-0.2, 0) is 7.59 Å². The Morgan fingerprint density at radius 2 is 0.882 bits per heavy atom. The molecule has 0 aromatic heterocycles. The van der Waals surface area contributed by atoms with E-state index in [9.17, 15) is 0 Å². The van der Waals surface area contributed by atoms with Gasteiger partial charge in [-0.1, -0.05) is 104 Å². The maximum Gasteiger partial charge on any atom is 0.217 e. The molecule has 0 saturated heterocycles. The van der Waals surface area contributed by atoms with Crippen molar-refractivity contribution in [2.75, 3.05) is 0 Å². The highest BCUT2D eigenvalue weighted by Gasteiger charge is 2.34. The van der Waals surface area contributed by atoms with E-state index < -0.39 is 7.59 Å². The molecule has 0 amide bonds. The number of hydrogen-bond acceptors (Lipinski definition) is 0. The van der Waals surface area contributed by atoms with Gasteiger partial charge in [0.2, 0.25) is 7.59 Å². The number of hydrogen-bond donors (Lipinski definition) is 0. The van der Waals surface area contributed by atoms with Gasteiger partial charge in [-0.2, -0.15) is 0 Å². The highest BCUT2D eigenvalue weighted by atomic mass is 35.6. The normalized spacial score (nSPS) is 13.0. The van der Waals surface area contributed by atoms with Gasteiger partial charge in [-0.15, -0.1) is 0 Å². The molecule has 0 aliphatic rings. The van der Waals surface area contributed by atoms with E-state index in [4.69, 9.17) is 104 Å². The van der Waals surface area contributed by atoms with Crippen molar-refractivity contribution in [2.24, 2.45) is 0 Å². The van der Waals surface area contributed by atoms with Crippen molar-refractivity contribution in [3.63, 3.8) is 0 Å². The van der Waals surface area contributed by atoms with Crippen LogP contribution in [0.2, 0.25) is 15.1 Å². The molecule has 17 heavy (non-hydrogen) atoms. The summed E-state index contributed by atoms with van der Waals surface area (Å²) in [5.74, 6) is 0. The first-order chi connectivity index (χ1) is 7.46. The molecule has 0 spiro atoms. The predicted octanol–water partition coefficient (Wildman–Crippen LogP) is 7.30. The van der Waals surface area contributed by atoms with Crippen LogP contribution in [0.3, 0.4) is 0 Å². The summed E-state index contributed by atoms with van der Waals surface area (Å²) in [6, 6.07) is 1.29. The van der Waals surface area contributed by atoms with Gasteiger partial charge >= 0.3 is 0 Å². The van der Waals surface area contributed by atoms with Gasteiger partial charge in [0, 0.05) is 11.1 Å². The maximum atomic E-state index is 5.91. The van der Waals surface area contributed by atoms with Crippen molar-refractivity contribution in [1.29, 1.82) is 0 Å². The number of benzene rings is 1. The van der Waals surface area contributed by atoms with E-state index in [2.05, 4.69) is 0 Å². The van der Waals surface area contributed by atoms with E-state index in [1.165, 1.54) is 6.07 Å². The van der Waals surface area contributed by atoms with Gasteiger partial charge in [0.25, 0.3) is 0 Å². The summed E-state index contributed by atoms with van der Waals surface area (Å²) in [6.45, 7) is 0. The van der Waals surface area contributed by atoms with Gasteiger partial charge in [0.15, 0.2) is 0 Å². The Hall–Kier alpha value is 1.83. The van der Waals surface area contributed by atoms with Gasteiger partial charge in [-0.05, 0) is 6.07 Å². The fourth-order valence-electron chi connectivity index (χ4n) is 1.02. The Labute approximate surface area is 143 Å². The maximum absolute atomic E-state index is 5.91. The van der Waals surface area contributed by atoms with Crippen LogP contribution in [0.25, 0.3) is 0 Å². The molecule has 1 aromatic carbocycles. The number of alkyl halides is 6. The summed E-state index contributed by atoms with van der Waals surface area (Å²) in [7, 11) is 0. The molecule has 96 valence electrons. The highest BCUT2D eigenvalue weighted by Crippen LogP contribution is 2.51. The molecule has 0 nitrogen and oxygen atoms in total. The Bertz CT molecular complexity index is 402. The van der Waals surface area contributed by atoms with Crippen LogP contribution in [0.4, 0.5) is 0 Å². The summed E-state index contributed by atoms with van der Waals surface area (Å²) in [6.07, 6.45) is 0. The van der Waals surface area contributed by atoms with Gasteiger partial charge < -0.3 is 0 Å². The molecule has 1 rings (SSSR count). The molecule has 0 fully saturated rings. The SMILES string of the molecule is Clc1c(C(Cl)(Cl)Cl)cc(C(Cl)(Cl)Cl)c(Cl)c1Cl. The van der Waals surface area contributed by atoms with Crippen LogP contribution >= 0.6 is 104 Å². The third-order valence-corrected chi connectivity index (χ3v) is 4.34. The monoisotopic (exact) mass is 412 g/mol. The molecular formula is C8HCl9. The second-order valence-electron chi connectivity index (χ2n) is 2.91. The third-order valence-electron chi connectivity index (χ3n) is 1.76. The van der Waals surface area contributed by atoms with Gasteiger partial charge in [-0.3, -0.25) is 0 Å². The molecule has 0 saturated carbocycles. The summed E-state index contributed by atoms with van der Waals surface area (Å²) in [5.41, 5.74) is 0.166. The third kappa shape index (κ3) is 3.90. The molecule has 9 heteroatoms. The second-order valence-corrected chi connectivity index (χ2v) is 8.61. The Balaban J connectivity index is 3.63.